The van der Waals surface area contributed by atoms with Crippen LogP contribution in [0.4, 0.5) is 0 Å². The largest absolute Gasteiger partial charge is 0.489 e. The molecule has 18 heavy (non-hydrogen) atoms. The van der Waals surface area contributed by atoms with E-state index in [9.17, 15) is 8.42 Å². The molecule has 0 unspecified atom stereocenters. The normalized spacial score (nSPS) is 11.9. The van der Waals surface area contributed by atoms with Gasteiger partial charge in [-0.05, 0) is 25.0 Å². The molecule has 0 fully saturated rings. The van der Waals surface area contributed by atoms with Crippen molar-refractivity contribution in [1.82, 2.24) is 0 Å². The Labute approximate surface area is 121 Å². The summed E-state index contributed by atoms with van der Waals surface area (Å²) in [6.45, 7) is 3.97. The average Bonchev–Trinajstić information content (AvgIpc) is 2.29. The Morgan fingerprint density at radius 2 is 1.72 bits per heavy atom. The molecule has 0 saturated heterocycles. The maximum absolute atomic E-state index is 11.2. The van der Waals surface area contributed by atoms with Crippen molar-refractivity contribution in [2.45, 2.75) is 37.7 Å². The van der Waals surface area contributed by atoms with E-state index in [4.69, 9.17) is 38.6 Å². The van der Waals surface area contributed by atoms with Crippen molar-refractivity contribution in [1.29, 1.82) is 0 Å². The van der Waals surface area contributed by atoms with Gasteiger partial charge in [0, 0.05) is 10.7 Å². The van der Waals surface area contributed by atoms with Gasteiger partial charge in [-0.1, -0.05) is 37.0 Å². The smallest absolute Gasteiger partial charge is 0.262 e. The number of benzene rings is 1. The molecule has 3 nitrogen and oxygen atoms in total. The second-order valence-electron chi connectivity index (χ2n) is 3.68. The van der Waals surface area contributed by atoms with Crippen molar-refractivity contribution < 1.29 is 13.2 Å². The zero-order valence-corrected chi connectivity index (χ0v) is 13.0. The molecule has 102 valence electrons. The highest BCUT2D eigenvalue weighted by Gasteiger charge is 2.20. The fourth-order valence-corrected chi connectivity index (χ4v) is 3.21. The topological polar surface area (TPSA) is 43.4 Å². The molecule has 0 saturated carbocycles. The van der Waals surface area contributed by atoms with Crippen LogP contribution in [-0.4, -0.2) is 14.5 Å². The fourth-order valence-electron chi connectivity index (χ4n) is 1.43. The van der Waals surface area contributed by atoms with Gasteiger partial charge in [0.15, 0.2) is 0 Å². The molecule has 0 aliphatic rings. The molecule has 0 heterocycles. The molecule has 7 heteroatoms. The van der Waals surface area contributed by atoms with E-state index in [-0.39, 0.29) is 21.0 Å². The van der Waals surface area contributed by atoms with Crippen LogP contribution in [0.1, 0.15) is 26.7 Å². The zero-order valence-electron chi connectivity index (χ0n) is 9.91. The van der Waals surface area contributed by atoms with Gasteiger partial charge < -0.3 is 4.74 Å². The first-order chi connectivity index (χ1) is 8.31. The summed E-state index contributed by atoms with van der Waals surface area (Å²) in [5.74, 6) is 0.361. The van der Waals surface area contributed by atoms with Gasteiger partial charge in [0.05, 0.1) is 11.1 Å². The molecule has 1 rings (SSSR count). The Kier molecular flexibility index (Phi) is 5.59. The Hall–Kier alpha value is -0.160. The van der Waals surface area contributed by atoms with Gasteiger partial charge in [-0.15, -0.1) is 0 Å². The van der Waals surface area contributed by atoms with E-state index in [1.54, 1.807) is 0 Å². The van der Waals surface area contributed by atoms with Crippen molar-refractivity contribution in [2.75, 3.05) is 0 Å². The maximum Gasteiger partial charge on any atom is 0.262 e. The maximum atomic E-state index is 11.2. The summed E-state index contributed by atoms with van der Waals surface area (Å²) in [5, 5.41) is -0.0552. The number of hydrogen-bond donors (Lipinski definition) is 0. The van der Waals surface area contributed by atoms with Gasteiger partial charge >= 0.3 is 0 Å². The lowest BCUT2D eigenvalue weighted by Gasteiger charge is -2.17. The number of ether oxygens (including phenoxy) is 1. The van der Waals surface area contributed by atoms with E-state index in [1.165, 1.54) is 12.1 Å². The Morgan fingerprint density at radius 1 is 1.17 bits per heavy atom. The van der Waals surface area contributed by atoms with Crippen LogP contribution < -0.4 is 4.74 Å². The standard InChI is InChI=1S/C11H13Cl3O3S/c1-3-7(4-2)17-8-5-6-9(18(14,15)16)11(13)10(8)12/h5-7H,3-4H2,1-2H3. The zero-order chi connectivity index (χ0) is 13.9. The molecule has 0 aliphatic heterocycles. The summed E-state index contributed by atoms with van der Waals surface area (Å²) in [6.07, 6.45) is 1.65. The van der Waals surface area contributed by atoms with Crippen LogP contribution >= 0.6 is 33.9 Å². The van der Waals surface area contributed by atoms with Crippen molar-refractivity contribution in [3.63, 3.8) is 0 Å². The minimum absolute atomic E-state index is 0.0111. The summed E-state index contributed by atoms with van der Waals surface area (Å²) < 4.78 is 28.1. The summed E-state index contributed by atoms with van der Waals surface area (Å²) in [6, 6.07) is 2.75. The summed E-state index contributed by atoms with van der Waals surface area (Å²) in [7, 11) is 1.32. The van der Waals surface area contributed by atoms with E-state index in [1.807, 2.05) is 13.8 Å². The van der Waals surface area contributed by atoms with Gasteiger partial charge in [-0.25, -0.2) is 8.42 Å². The average molecular weight is 332 g/mol. The SMILES string of the molecule is CCC(CC)Oc1ccc(S(=O)(=O)Cl)c(Cl)c1Cl. The Morgan fingerprint density at radius 3 is 2.17 bits per heavy atom. The third kappa shape index (κ3) is 3.67. The van der Waals surface area contributed by atoms with Gasteiger partial charge in [0.25, 0.3) is 9.05 Å². The lowest BCUT2D eigenvalue weighted by atomic mass is 10.2. The number of hydrogen-bond acceptors (Lipinski definition) is 3. The molecular formula is C11H13Cl3O3S. The van der Waals surface area contributed by atoms with Crippen LogP contribution in [0.15, 0.2) is 17.0 Å². The van der Waals surface area contributed by atoms with Crippen LogP contribution in [0.5, 0.6) is 5.75 Å². The third-order valence-electron chi connectivity index (χ3n) is 2.48. The summed E-state index contributed by atoms with van der Waals surface area (Å²) in [4.78, 5) is -0.215. The van der Waals surface area contributed by atoms with Gasteiger partial charge in [-0.3, -0.25) is 0 Å². The van der Waals surface area contributed by atoms with Crippen molar-refractivity contribution in [3.8, 4) is 5.75 Å². The summed E-state index contributed by atoms with van der Waals surface area (Å²) in [5.41, 5.74) is 0. The molecule has 0 aliphatic carbocycles. The van der Waals surface area contributed by atoms with Crippen molar-refractivity contribution >= 4 is 42.9 Å². The molecule has 0 radical (unpaired) electrons. The molecule has 0 bridgehead atoms. The first-order valence-corrected chi connectivity index (χ1v) is 8.47. The van der Waals surface area contributed by atoms with Gasteiger partial charge in [0.2, 0.25) is 0 Å². The minimum atomic E-state index is -3.91. The third-order valence-corrected chi connectivity index (χ3v) is 4.82. The molecule has 1 aromatic carbocycles. The summed E-state index contributed by atoms with van der Waals surface area (Å²) >= 11 is 11.9. The number of rotatable bonds is 5. The quantitative estimate of drug-likeness (QED) is 0.747. The highest BCUT2D eigenvalue weighted by atomic mass is 35.7. The molecular weight excluding hydrogens is 319 g/mol. The Balaban J connectivity index is 3.16. The van der Waals surface area contributed by atoms with E-state index in [0.717, 1.165) is 12.8 Å². The molecule has 0 amide bonds. The first-order valence-electron chi connectivity index (χ1n) is 5.40. The first kappa shape index (κ1) is 15.9. The second-order valence-corrected chi connectivity index (χ2v) is 6.97. The van der Waals surface area contributed by atoms with E-state index < -0.39 is 9.05 Å². The van der Waals surface area contributed by atoms with Crippen LogP contribution in [-0.2, 0) is 9.05 Å². The van der Waals surface area contributed by atoms with Crippen LogP contribution in [0.25, 0.3) is 0 Å². The second kappa shape index (κ2) is 6.33. The van der Waals surface area contributed by atoms with Gasteiger partial charge in [-0.2, -0.15) is 0 Å². The molecule has 1 aromatic rings. The Bertz CT molecular complexity index is 525. The molecule has 0 aromatic heterocycles. The van der Waals surface area contributed by atoms with E-state index in [0.29, 0.717) is 5.75 Å². The predicted molar refractivity (Wildman–Crippen MR) is 74.5 cm³/mol. The van der Waals surface area contributed by atoms with Crippen molar-refractivity contribution in [2.24, 2.45) is 0 Å². The highest BCUT2D eigenvalue weighted by Crippen LogP contribution is 2.38. The van der Waals surface area contributed by atoms with Gasteiger partial charge in [0.1, 0.15) is 15.7 Å². The van der Waals surface area contributed by atoms with Crippen molar-refractivity contribution in [3.05, 3.63) is 22.2 Å². The predicted octanol–water partition coefficient (Wildman–Crippen LogP) is 4.49. The molecule has 0 N–H and O–H groups in total. The van der Waals surface area contributed by atoms with Crippen LogP contribution in [0.3, 0.4) is 0 Å². The van der Waals surface area contributed by atoms with E-state index in [2.05, 4.69) is 0 Å². The lowest BCUT2D eigenvalue weighted by Crippen LogP contribution is -2.14. The lowest BCUT2D eigenvalue weighted by molar-refractivity contribution is 0.193. The molecule has 0 spiro atoms. The minimum Gasteiger partial charge on any atom is -0.489 e. The highest BCUT2D eigenvalue weighted by molar-refractivity contribution is 8.13. The van der Waals surface area contributed by atoms with Crippen LogP contribution in [0, 0.1) is 0 Å². The van der Waals surface area contributed by atoms with Crippen LogP contribution in [0.2, 0.25) is 10.0 Å². The fraction of sp³-hybridized carbons (Fsp3) is 0.455. The monoisotopic (exact) mass is 330 g/mol. The molecule has 0 atom stereocenters. The number of halogens is 3. The van der Waals surface area contributed by atoms with E-state index >= 15 is 0 Å².